The fraction of sp³-hybridized carbons (Fsp3) is 0.440. The van der Waals surface area contributed by atoms with Gasteiger partial charge < -0.3 is 15.0 Å². The standard InChI is InChI=1S/C25H28F3N3O2/c1-14-9-18(13-24(3,4)12-14)31-21-10-15(2)19(22(32)33)11-20(21)30-23(31)29-17-7-5-16(6-8-17)25(26,27)28/h5-8,10-11,14,18H,9,12-13H2,1-4H3,(H,29,30)(H,32,33)/t14-,18+/m0/s1. The van der Waals surface area contributed by atoms with Gasteiger partial charge in [-0.05, 0) is 79.5 Å². The average molecular weight is 460 g/mol. The molecule has 0 aliphatic heterocycles. The van der Waals surface area contributed by atoms with E-state index in [1.54, 1.807) is 13.0 Å². The highest BCUT2D eigenvalue weighted by molar-refractivity contribution is 5.95. The first kappa shape index (κ1) is 23.1. The second-order valence-electron chi connectivity index (χ2n) is 10.0. The molecule has 0 unspecified atom stereocenters. The number of benzene rings is 2. The number of carbonyl (C=O) groups is 1. The molecule has 5 nitrogen and oxygen atoms in total. The Labute approximate surface area is 190 Å². The van der Waals surface area contributed by atoms with E-state index in [1.165, 1.54) is 12.1 Å². The molecule has 3 aromatic rings. The molecule has 0 saturated heterocycles. The summed E-state index contributed by atoms with van der Waals surface area (Å²) in [6, 6.07) is 8.37. The highest BCUT2D eigenvalue weighted by atomic mass is 19.4. The van der Waals surface area contributed by atoms with Crippen molar-refractivity contribution in [3.8, 4) is 0 Å². The summed E-state index contributed by atoms with van der Waals surface area (Å²) < 4.78 is 41.0. The van der Waals surface area contributed by atoms with Crippen LogP contribution in [0, 0.1) is 18.3 Å². The zero-order chi connectivity index (χ0) is 24.1. The van der Waals surface area contributed by atoms with Gasteiger partial charge in [-0.2, -0.15) is 13.2 Å². The Morgan fingerprint density at radius 1 is 1.18 bits per heavy atom. The van der Waals surface area contributed by atoms with Gasteiger partial charge in [-0.1, -0.05) is 20.8 Å². The van der Waals surface area contributed by atoms with Crippen molar-refractivity contribution in [3.63, 3.8) is 0 Å². The zero-order valence-electron chi connectivity index (χ0n) is 19.1. The van der Waals surface area contributed by atoms with Crippen LogP contribution in [0.5, 0.6) is 0 Å². The van der Waals surface area contributed by atoms with Crippen LogP contribution >= 0.6 is 0 Å². The molecule has 1 aliphatic rings. The topological polar surface area (TPSA) is 67.2 Å². The quantitative estimate of drug-likeness (QED) is 0.433. The predicted octanol–water partition coefficient (Wildman–Crippen LogP) is 7.19. The Bertz CT molecular complexity index is 1200. The Morgan fingerprint density at radius 3 is 2.42 bits per heavy atom. The van der Waals surface area contributed by atoms with Crippen LogP contribution in [0.15, 0.2) is 36.4 Å². The highest BCUT2D eigenvalue weighted by Gasteiger charge is 2.35. The van der Waals surface area contributed by atoms with E-state index in [0.717, 1.165) is 36.9 Å². The van der Waals surface area contributed by atoms with Gasteiger partial charge in [-0.3, -0.25) is 0 Å². The Morgan fingerprint density at radius 2 is 1.85 bits per heavy atom. The number of carboxylic acids is 1. The Hall–Kier alpha value is -3.03. The van der Waals surface area contributed by atoms with Crippen LogP contribution in [-0.4, -0.2) is 20.6 Å². The van der Waals surface area contributed by atoms with Crippen LogP contribution in [0.2, 0.25) is 0 Å². The van der Waals surface area contributed by atoms with Gasteiger partial charge >= 0.3 is 12.1 Å². The molecule has 33 heavy (non-hydrogen) atoms. The molecule has 0 bridgehead atoms. The van der Waals surface area contributed by atoms with E-state index in [2.05, 4.69) is 35.6 Å². The van der Waals surface area contributed by atoms with Crippen LogP contribution in [0.3, 0.4) is 0 Å². The summed E-state index contributed by atoms with van der Waals surface area (Å²) in [7, 11) is 0. The molecule has 8 heteroatoms. The van der Waals surface area contributed by atoms with Crippen molar-refractivity contribution in [2.75, 3.05) is 5.32 Å². The normalized spacial score (nSPS) is 20.7. The number of carboxylic acid groups (broad SMARTS) is 1. The summed E-state index contributed by atoms with van der Waals surface area (Å²) >= 11 is 0. The van der Waals surface area contributed by atoms with Crippen molar-refractivity contribution < 1.29 is 23.1 Å². The molecule has 2 atom stereocenters. The number of halogens is 3. The van der Waals surface area contributed by atoms with E-state index in [1.807, 2.05) is 6.07 Å². The van der Waals surface area contributed by atoms with Gasteiger partial charge in [0.05, 0.1) is 22.2 Å². The number of aryl methyl sites for hydroxylation is 1. The van der Waals surface area contributed by atoms with Crippen molar-refractivity contribution in [2.45, 2.75) is 59.2 Å². The molecular formula is C25H28F3N3O2. The first-order chi connectivity index (χ1) is 15.3. The lowest BCUT2D eigenvalue weighted by Gasteiger charge is -2.40. The Kier molecular flexibility index (Phi) is 5.66. The van der Waals surface area contributed by atoms with Gasteiger partial charge in [-0.25, -0.2) is 9.78 Å². The van der Waals surface area contributed by atoms with Crippen LogP contribution in [0.4, 0.5) is 24.8 Å². The first-order valence-electron chi connectivity index (χ1n) is 11.0. The minimum absolute atomic E-state index is 0.126. The third kappa shape index (κ3) is 4.70. The molecule has 1 fully saturated rings. The fourth-order valence-electron chi connectivity index (χ4n) is 5.30. The van der Waals surface area contributed by atoms with Crippen LogP contribution in [0.1, 0.15) is 67.6 Å². The van der Waals surface area contributed by atoms with E-state index in [-0.39, 0.29) is 17.0 Å². The van der Waals surface area contributed by atoms with E-state index in [0.29, 0.717) is 28.6 Å². The van der Waals surface area contributed by atoms with E-state index in [9.17, 15) is 23.1 Å². The van der Waals surface area contributed by atoms with Gasteiger partial charge in [0.15, 0.2) is 0 Å². The summed E-state index contributed by atoms with van der Waals surface area (Å²) in [6.07, 6.45) is -1.43. The minimum atomic E-state index is -4.40. The molecular weight excluding hydrogens is 431 g/mol. The van der Waals surface area contributed by atoms with Crippen molar-refractivity contribution in [1.82, 2.24) is 9.55 Å². The lowest BCUT2D eigenvalue weighted by atomic mass is 9.70. The second-order valence-corrected chi connectivity index (χ2v) is 10.0. The molecule has 1 saturated carbocycles. The summed E-state index contributed by atoms with van der Waals surface area (Å²) in [5.74, 6) is -0.0234. The summed E-state index contributed by atoms with van der Waals surface area (Å²) in [5, 5.41) is 12.7. The maximum Gasteiger partial charge on any atom is 0.416 e. The number of hydrogen-bond donors (Lipinski definition) is 2. The van der Waals surface area contributed by atoms with Gasteiger partial charge in [0, 0.05) is 11.7 Å². The number of nitrogens with one attached hydrogen (secondary N) is 1. The lowest BCUT2D eigenvalue weighted by molar-refractivity contribution is -0.137. The second kappa shape index (κ2) is 8.08. The van der Waals surface area contributed by atoms with Crippen LogP contribution in [-0.2, 0) is 6.18 Å². The molecule has 4 rings (SSSR count). The monoisotopic (exact) mass is 459 g/mol. The van der Waals surface area contributed by atoms with Crippen molar-refractivity contribution >= 4 is 28.6 Å². The molecule has 0 spiro atoms. The van der Waals surface area contributed by atoms with Crippen molar-refractivity contribution in [1.29, 1.82) is 0 Å². The van der Waals surface area contributed by atoms with Gasteiger partial charge in [0.25, 0.3) is 0 Å². The number of rotatable bonds is 4. The number of hydrogen-bond acceptors (Lipinski definition) is 3. The molecule has 2 aromatic carbocycles. The third-order valence-electron chi connectivity index (χ3n) is 6.46. The summed E-state index contributed by atoms with van der Waals surface area (Å²) in [4.78, 5) is 16.3. The molecule has 1 heterocycles. The zero-order valence-corrected chi connectivity index (χ0v) is 19.1. The molecule has 0 amide bonds. The van der Waals surface area contributed by atoms with E-state index >= 15 is 0 Å². The minimum Gasteiger partial charge on any atom is -0.478 e. The van der Waals surface area contributed by atoms with Gasteiger partial charge in [0.1, 0.15) is 0 Å². The number of nitrogens with zero attached hydrogens (tertiary/aromatic N) is 2. The van der Waals surface area contributed by atoms with E-state index in [4.69, 9.17) is 0 Å². The maximum absolute atomic E-state index is 13.0. The van der Waals surface area contributed by atoms with Gasteiger partial charge in [0.2, 0.25) is 5.95 Å². The third-order valence-corrected chi connectivity index (χ3v) is 6.46. The Balaban J connectivity index is 1.82. The van der Waals surface area contributed by atoms with Crippen LogP contribution < -0.4 is 5.32 Å². The van der Waals surface area contributed by atoms with Crippen LogP contribution in [0.25, 0.3) is 11.0 Å². The largest absolute Gasteiger partial charge is 0.478 e. The smallest absolute Gasteiger partial charge is 0.416 e. The molecule has 1 aliphatic carbocycles. The summed E-state index contributed by atoms with van der Waals surface area (Å²) in [6.45, 7) is 8.47. The fourth-order valence-corrected chi connectivity index (χ4v) is 5.30. The number of anilines is 2. The average Bonchev–Trinajstić information content (AvgIpc) is 3.02. The van der Waals surface area contributed by atoms with Gasteiger partial charge in [-0.15, -0.1) is 0 Å². The highest BCUT2D eigenvalue weighted by Crippen LogP contribution is 2.46. The summed E-state index contributed by atoms with van der Waals surface area (Å²) in [5.41, 5.74) is 2.08. The number of aromatic nitrogens is 2. The van der Waals surface area contributed by atoms with Crippen molar-refractivity contribution in [2.24, 2.45) is 11.3 Å². The number of alkyl halides is 3. The number of imidazole rings is 1. The molecule has 0 radical (unpaired) electrons. The van der Waals surface area contributed by atoms with E-state index < -0.39 is 17.7 Å². The SMILES string of the molecule is Cc1cc2c(cc1C(=O)O)nc(Nc1ccc(C(F)(F)F)cc1)n2[C@@H]1C[C@H](C)CC(C)(C)C1. The number of aromatic carboxylic acids is 1. The lowest BCUT2D eigenvalue weighted by Crippen LogP contribution is -2.29. The molecule has 2 N–H and O–H groups in total. The number of fused-ring (bicyclic) bond motifs is 1. The molecule has 1 aromatic heterocycles. The molecule has 176 valence electrons. The predicted molar refractivity (Wildman–Crippen MR) is 122 cm³/mol. The first-order valence-corrected chi connectivity index (χ1v) is 11.0. The maximum atomic E-state index is 13.0. The van der Waals surface area contributed by atoms with Crippen molar-refractivity contribution in [3.05, 3.63) is 53.1 Å².